The van der Waals surface area contributed by atoms with Gasteiger partial charge in [-0.15, -0.1) is 0 Å². The third-order valence-corrected chi connectivity index (χ3v) is 3.48. The number of aliphatic hydroxyl groups is 1. The van der Waals surface area contributed by atoms with Gasteiger partial charge in [-0.2, -0.15) is 0 Å². The standard InChI is InChI=1S/C16H19ClN2O/c17-16-15(12-18-9-4-5-11-20)14(8-10-19-16)13-6-2-1-3-7-13/h1-3,6-8,10,18,20H,4-5,9,11-12H2. The van der Waals surface area contributed by atoms with E-state index in [1.807, 2.05) is 24.3 Å². The van der Waals surface area contributed by atoms with Gasteiger partial charge in [0.05, 0.1) is 0 Å². The van der Waals surface area contributed by atoms with Crippen molar-refractivity contribution in [3.8, 4) is 11.1 Å². The van der Waals surface area contributed by atoms with Crippen LogP contribution < -0.4 is 5.32 Å². The molecule has 0 bridgehead atoms. The van der Waals surface area contributed by atoms with Crippen LogP contribution in [0.1, 0.15) is 18.4 Å². The van der Waals surface area contributed by atoms with Crippen molar-refractivity contribution in [3.63, 3.8) is 0 Å². The molecule has 1 aromatic carbocycles. The first-order valence-electron chi connectivity index (χ1n) is 6.83. The molecule has 0 aliphatic carbocycles. The van der Waals surface area contributed by atoms with E-state index in [-0.39, 0.29) is 6.61 Å². The highest BCUT2D eigenvalue weighted by molar-refractivity contribution is 6.30. The number of unbranched alkanes of at least 4 members (excludes halogenated alkanes) is 1. The first-order valence-corrected chi connectivity index (χ1v) is 7.21. The fourth-order valence-electron chi connectivity index (χ4n) is 2.10. The number of benzene rings is 1. The monoisotopic (exact) mass is 290 g/mol. The number of nitrogens with one attached hydrogen (secondary N) is 1. The van der Waals surface area contributed by atoms with Crippen molar-refractivity contribution in [2.45, 2.75) is 19.4 Å². The minimum absolute atomic E-state index is 0.241. The summed E-state index contributed by atoms with van der Waals surface area (Å²) in [5.41, 5.74) is 3.27. The summed E-state index contributed by atoms with van der Waals surface area (Å²) >= 11 is 6.23. The molecule has 20 heavy (non-hydrogen) atoms. The van der Waals surface area contributed by atoms with Gasteiger partial charge in [-0.25, -0.2) is 4.98 Å². The van der Waals surface area contributed by atoms with E-state index in [4.69, 9.17) is 16.7 Å². The SMILES string of the molecule is OCCCCNCc1c(-c2ccccc2)ccnc1Cl. The lowest BCUT2D eigenvalue weighted by molar-refractivity contribution is 0.283. The molecular formula is C16H19ClN2O. The highest BCUT2D eigenvalue weighted by Gasteiger charge is 2.09. The van der Waals surface area contributed by atoms with Gasteiger partial charge in [0.1, 0.15) is 5.15 Å². The zero-order chi connectivity index (χ0) is 14.2. The maximum Gasteiger partial charge on any atom is 0.134 e. The maximum atomic E-state index is 8.76. The first kappa shape index (κ1) is 15.0. The molecule has 1 heterocycles. The second kappa shape index (κ2) is 8.00. The van der Waals surface area contributed by atoms with Crippen molar-refractivity contribution in [1.82, 2.24) is 10.3 Å². The molecular weight excluding hydrogens is 272 g/mol. The van der Waals surface area contributed by atoms with Gasteiger partial charge >= 0.3 is 0 Å². The zero-order valence-electron chi connectivity index (χ0n) is 11.3. The van der Waals surface area contributed by atoms with Gasteiger partial charge < -0.3 is 10.4 Å². The lowest BCUT2D eigenvalue weighted by Gasteiger charge is -2.12. The van der Waals surface area contributed by atoms with Crippen LogP contribution in [0.25, 0.3) is 11.1 Å². The summed E-state index contributed by atoms with van der Waals surface area (Å²) in [6, 6.07) is 12.2. The molecule has 0 atom stereocenters. The first-order chi connectivity index (χ1) is 9.83. The van der Waals surface area contributed by atoms with Crippen molar-refractivity contribution in [3.05, 3.63) is 53.3 Å². The highest BCUT2D eigenvalue weighted by Crippen LogP contribution is 2.27. The summed E-state index contributed by atoms with van der Waals surface area (Å²) in [5.74, 6) is 0. The summed E-state index contributed by atoms with van der Waals surface area (Å²) in [5, 5.41) is 12.7. The van der Waals surface area contributed by atoms with Gasteiger partial charge in [0.25, 0.3) is 0 Å². The Hall–Kier alpha value is -1.42. The molecule has 4 heteroatoms. The Kier molecular flexibility index (Phi) is 5.99. The van der Waals surface area contributed by atoms with Crippen molar-refractivity contribution in [2.75, 3.05) is 13.2 Å². The van der Waals surface area contributed by atoms with E-state index in [1.54, 1.807) is 6.20 Å². The van der Waals surface area contributed by atoms with Gasteiger partial charge in [0.15, 0.2) is 0 Å². The second-order valence-corrected chi connectivity index (χ2v) is 4.96. The van der Waals surface area contributed by atoms with Crippen molar-refractivity contribution < 1.29 is 5.11 Å². The van der Waals surface area contributed by atoms with E-state index in [9.17, 15) is 0 Å². The van der Waals surface area contributed by atoms with E-state index in [1.165, 1.54) is 0 Å². The molecule has 2 N–H and O–H groups in total. The molecule has 1 aromatic heterocycles. The lowest BCUT2D eigenvalue weighted by Crippen LogP contribution is -2.16. The molecule has 0 saturated heterocycles. The summed E-state index contributed by atoms with van der Waals surface area (Å²) in [7, 11) is 0. The Balaban J connectivity index is 2.11. The number of aromatic nitrogens is 1. The van der Waals surface area contributed by atoms with Crippen LogP contribution in [0.4, 0.5) is 0 Å². The Morgan fingerprint density at radius 1 is 1.10 bits per heavy atom. The molecule has 106 valence electrons. The largest absolute Gasteiger partial charge is 0.396 e. The molecule has 2 aromatic rings. The number of rotatable bonds is 7. The molecule has 0 aliphatic heterocycles. The molecule has 3 nitrogen and oxygen atoms in total. The molecule has 0 amide bonds. The van der Waals surface area contributed by atoms with Gasteiger partial charge in [0.2, 0.25) is 0 Å². The average Bonchev–Trinajstić information content (AvgIpc) is 2.49. The highest BCUT2D eigenvalue weighted by atomic mass is 35.5. The third-order valence-electron chi connectivity index (χ3n) is 3.15. The van der Waals surface area contributed by atoms with Crippen LogP contribution in [-0.4, -0.2) is 23.2 Å². The van der Waals surface area contributed by atoms with Crippen molar-refractivity contribution in [1.29, 1.82) is 0 Å². The quantitative estimate of drug-likeness (QED) is 0.608. The summed E-state index contributed by atoms with van der Waals surface area (Å²) < 4.78 is 0. The van der Waals surface area contributed by atoms with Crippen LogP contribution >= 0.6 is 11.6 Å². The van der Waals surface area contributed by atoms with Crippen LogP contribution in [0.2, 0.25) is 5.15 Å². The van der Waals surface area contributed by atoms with Gasteiger partial charge in [0, 0.05) is 24.9 Å². The van der Waals surface area contributed by atoms with E-state index in [0.717, 1.165) is 36.1 Å². The number of hydrogen-bond acceptors (Lipinski definition) is 3. The number of nitrogens with zero attached hydrogens (tertiary/aromatic N) is 1. The summed E-state index contributed by atoms with van der Waals surface area (Å²) in [4.78, 5) is 4.17. The molecule has 0 aliphatic rings. The number of pyridine rings is 1. The maximum absolute atomic E-state index is 8.76. The van der Waals surface area contributed by atoms with Crippen molar-refractivity contribution in [2.24, 2.45) is 0 Å². The molecule has 0 saturated carbocycles. The number of halogens is 1. The predicted molar refractivity (Wildman–Crippen MR) is 82.7 cm³/mol. The smallest absolute Gasteiger partial charge is 0.134 e. The molecule has 0 spiro atoms. The lowest BCUT2D eigenvalue weighted by atomic mass is 10.0. The van der Waals surface area contributed by atoms with Crippen LogP contribution in [0.5, 0.6) is 0 Å². The van der Waals surface area contributed by atoms with E-state index in [2.05, 4.69) is 22.4 Å². The summed E-state index contributed by atoms with van der Waals surface area (Å²) in [6.07, 6.45) is 3.51. The third kappa shape index (κ3) is 4.04. The average molecular weight is 291 g/mol. The Labute approximate surface area is 124 Å². The molecule has 0 fully saturated rings. The summed E-state index contributed by atoms with van der Waals surface area (Å²) in [6.45, 7) is 1.78. The fourth-order valence-corrected chi connectivity index (χ4v) is 2.32. The zero-order valence-corrected chi connectivity index (χ0v) is 12.1. The van der Waals surface area contributed by atoms with Crippen molar-refractivity contribution >= 4 is 11.6 Å². The number of hydrogen-bond donors (Lipinski definition) is 2. The van der Waals surface area contributed by atoms with E-state index < -0.39 is 0 Å². The Morgan fingerprint density at radius 2 is 1.90 bits per heavy atom. The minimum atomic E-state index is 0.241. The van der Waals surface area contributed by atoms with E-state index >= 15 is 0 Å². The molecule has 0 radical (unpaired) electrons. The Morgan fingerprint density at radius 3 is 2.65 bits per heavy atom. The minimum Gasteiger partial charge on any atom is -0.396 e. The van der Waals surface area contributed by atoms with Crippen LogP contribution in [0, 0.1) is 0 Å². The molecule has 2 rings (SSSR count). The molecule has 0 unspecified atom stereocenters. The topological polar surface area (TPSA) is 45.1 Å². The van der Waals surface area contributed by atoms with E-state index in [0.29, 0.717) is 11.7 Å². The van der Waals surface area contributed by atoms with Crippen LogP contribution in [-0.2, 0) is 6.54 Å². The normalized spacial score (nSPS) is 10.7. The number of aliphatic hydroxyl groups excluding tert-OH is 1. The van der Waals surface area contributed by atoms with Crippen LogP contribution in [0.3, 0.4) is 0 Å². The van der Waals surface area contributed by atoms with Gasteiger partial charge in [-0.3, -0.25) is 0 Å². The van der Waals surface area contributed by atoms with Gasteiger partial charge in [-0.05, 0) is 36.6 Å². The Bertz CT molecular complexity index is 531. The predicted octanol–water partition coefficient (Wildman–Crippen LogP) is 3.26. The van der Waals surface area contributed by atoms with Gasteiger partial charge in [-0.1, -0.05) is 41.9 Å². The van der Waals surface area contributed by atoms with Crippen LogP contribution in [0.15, 0.2) is 42.6 Å². The second-order valence-electron chi connectivity index (χ2n) is 4.60. The fraction of sp³-hybridized carbons (Fsp3) is 0.312.